The Morgan fingerprint density at radius 3 is 2.81 bits per heavy atom. The molecular formula is C14H18N2O5. The average Bonchev–Trinajstić information content (AvgIpc) is 2.48. The first kappa shape index (κ1) is 15.2. The van der Waals surface area contributed by atoms with Crippen molar-refractivity contribution in [1.29, 1.82) is 0 Å². The van der Waals surface area contributed by atoms with Gasteiger partial charge in [0.2, 0.25) is 0 Å². The van der Waals surface area contributed by atoms with Gasteiger partial charge in [0.15, 0.2) is 12.4 Å². The maximum absolute atomic E-state index is 11.8. The number of benzene rings is 1. The van der Waals surface area contributed by atoms with Gasteiger partial charge in [-0.2, -0.15) is 0 Å². The lowest BCUT2D eigenvalue weighted by atomic mass is 9.92. The Balaban J connectivity index is 1.88. The second-order valence-corrected chi connectivity index (χ2v) is 5.04. The standard InChI is InChI=1S/C14H18N2O5/c17-12-7-3-1-5-10(12)15-14(18)9-21-13-8-4-2-6-11(13)16(19)20/h2,4,6,8,10,12,17H,1,3,5,7,9H2,(H,15,18). The summed E-state index contributed by atoms with van der Waals surface area (Å²) < 4.78 is 5.20. The predicted octanol–water partition coefficient (Wildman–Crippen LogP) is 1.39. The molecule has 1 aromatic rings. The van der Waals surface area contributed by atoms with Crippen LogP contribution in [0.15, 0.2) is 24.3 Å². The molecule has 0 aliphatic heterocycles. The summed E-state index contributed by atoms with van der Waals surface area (Å²) in [5, 5.41) is 23.3. The highest BCUT2D eigenvalue weighted by Crippen LogP contribution is 2.25. The lowest BCUT2D eigenvalue weighted by molar-refractivity contribution is -0.385. The summed E-state index contributed by atoms with van der Waals surface area (Å²) in [5.74, 6) is -0.332. The number of hydrogen-bond acceptors (Lipinski definition) is 5. The second-order valence-electron chi connectivity index (χ2n) is 5.04. The molecule has 0 heterocycles. The van der Waals surface area contributed by atoms with E-state index in [2.05, 4.69) is 5.32 Å². The van der Waals surface area contributed by atoms with Crippen molar-refractivity contribution in [2.75, 3.05) is 6.61 Å². The molecule has 114 valence electrons. The third kappa shape index (κ3) is 4.16. The van der Waals surface area contributed by atoms with Crippen molar-refractivity contribution in [3.63, 3.8) is 0 Å². The molecule has 2 rings (SSSR count). The number of hydrogen-bond donors (Lipinski definition) is 2. The molecule has 7 nitrogen and oxygen atoms in total. The van der Waals surface area contributed by atoms with Crippen LogP contribution in [0.1, 0.15) is 25.7 Å². The van der Waals surface area contributed by atoms with Crippen molar-refractivity contribution in [3.8, 4) is 5.75 Å². The minimum Gasteiger partial charge on any atom is -0.477 e. The van der Waals surface area contributed by atoms with Gasteiger partial charge < -0.3 is 15.2 Å². The quantitative estimate of drug-likeness (QED) is 0.631. The van der Waals surface area contributed by atoms with E-state index in [1.165, 1.54) is 18.2 Å². The fourth-order valence-electron chi connectivity index (χ4n) is 2.40. The zero-order valence-electron chi connectivity index (χ0n) is 11.5. The number of nitrogens with one attached hydrogen (secondary N) is 1. The number of aliphatic hydroxyl groups excluding tert-OH is 1. The van der Waals surface area contributed by atoms with E-state index in [1.807, 2.05) is 0 Å². The van der Waals surface area contributed by atoms with Gasteiger partial charge in [0.05, 0.1) is 17.1 Å². The van der Waals surface area contributed by atoms with Crippen molar-refractivity contribution in [1.82, 2.24) is 5.32 Å². The Bertz CT molecular complexity index is 520. The minimum absolute atomic E-state index is 0.0573. The van der Waals surface area contributed by atoms with Crippen molar-refractivity contribution >= 4 is 11.6 Å². The molecule has 0 spiro atoms. The van der Waals surface area contributed by atoms with Crippen LogP contribution in [0.2, 0.25) is 0 Å². The van der Waals surface area contributed by atoms with E-state index in [1.54, 1.807) is 6.07 Å². The van der Waals surface area contributed by atoms with E-state index in [0.29, 0.717) is 6.42 Å². The molecule has 1 fully saturated rings. The molecule has 1 aliphatic carbocycles. The van der Waals surface area contributed by atoms with E-state index in [4.69, 9.17) is 4.74 Å². The van der Waals surface area contributed by atoms with Crippen LogP contribution < -0.4 is 10.1 Å². The molecule has 1 saturated carbocycles. The molecule has 0 aromatic heterocycles. The Morgan fingerprint density at radius 2 is 2.10 bits per heavy atom. The largest absolute Gasteiger partial charge is 0.477 e. The first-order valence-electron chi connectivity index (χ1n) is 6.91. The molecule has 0 saturated heterocycles. The molecule has 0 bridgehead atoms. The molecular weight excluding hydrogens is 276 g/mol. The van der Waals surface area contributed by atoms with E-state index in [9.17, 15) is 20.0 Å². The first-order chi connectivity index (χ1) is 10.1. The first-order valence-corrected chi connectivity index (χ1v) is 6.91. The number of nitro benzene ring substituents is 1. The summed E-state index contributed by atoms with van der Waals surface area (Å²) >= 11 is 0. The van der Waals surface area contributed by atoms with Crippen LogP contribution in [0.4, 0.5) is 5.69 Å². The molecule has 2 atom stereocenters. The van der Waals surface area contributed by atoms with Crippen molar-refractivity contribution in [3.05, 3.63) is 34.4 Å². The highest BCUT2D eigenvalue weighted by Gasteiger charge is 2.24. The smallest absolute Gasteiger partial charge is 0.310 e. The topological polar surface area (TPSA) is 102 Å². The Morgan fingerprint density at radius 1 is 1.38 bits per heavy atom. The minimum atomic E-state index is -0.557. The Labute approximate surface area is 122 Å². The van der Waals surface area contributed by atoms with Crippen LogP contribution in [0.5, 0.6) is 5.75 Å². The number of amides is 1. The van der Waals surface area contributed by atoms with E-state index < -0.39 is 11.0 Å². The van der Waals surface area contributed by atoms with Gasteiger partial charge in [-0.25, -0.2) is 0 Å². The van der Waals surface area contributed by atoms with Crippen LogP contribution in [0.3, 0.4) is 0 Å². The fraction of sp³-hybridized carbons (Fsp3) is 0.500. The number of carbonyl (C=O) groups is 1. The zero-order chi connectivity index (χ0) is 15.2. The lowest BCUT2D eigenvalue weighted by Gasteiger charge is -2.28. The predicted molar refractivity (Wildman–Crippen MR) is 75.0 cm³/mol. The summed E-state index contributed by atoms with van der Waals surface area (Å²) in [6.07, 6.45) is 2.80. The summed E-state index contributed by atoms with van der Waals surface area (Å²) in [5.41, 5.74) is -0.178. The van der Waals surface area contributed by atoms with Gasteiger partial charge in [-0.1, -0.05) is 25.0 Å². The number of carbonyl (C=O) groups excluding carboxylic acids is 1. The Kier molecular flexibility index (Phi) is 5.10. The van der Waals surface area contributed by atoms with Gasteiger partial charge in [0.25, 0.3) is 5.91 Å². The number of nitro groups is 1. The maximum atomic E-state index is 11.8. The average molecular weight is 294 g/mol. The Hall–Kier alpha value is -2.15. The maximum Gasteiger partial charge on any atom is 0.310 e. The monoisotopic (exact) mass is 294 g/mol. The van der Waals surface area contributed by atoms with Crippen LogP contribution >= 0.6 is 0 Å². The van der Waals surface area contributed by atoms with Gasteiger partial charge in [0.1, 0.15) is 0 Å². The summed E-state index contributed by atoms with van der Waals surface area (Å²) in [4.78, 5) is 22.1. The molecule has 1 amide bonds. The lowest BCUT2D eigenvalue weighted by Crippen LogP contribution is -2.46. The highest BCUT2D eigenvalue weighted by molar-refractivity contribution is 5.78. The van der Waals surface area contributed by atoms with Gasteiger partial charge in [-0.3, -0.25) is 14.9 Å². The third-order valence-corrected chi connectivity index (χ3v) is 3.50. The molecule has 1 aliphatic rings. The number of aliphatic hydroxyl groups is 1. The highest BCUT2D eigenvalue weighted by atomic mass is 16.6. The number of rotatable bonds is 5. The van der Waals surface area contributed by atoms with Gasteiger partial charge in [-0.05, 0) is 18.9 Å². The molecule has 0 radical (unpaired) electrons. The van der Waals surface area contributed by atoms with E-state index >= 15 is 0 Å². The second kappa shape index (κ2) is 7.03. The van der Waals surface area contributed by atoms with Crippen molar-refractivity contribution in [2.45, 2.75) is 37.8 Å². The number of ether oxygens (including phenoxy) is 1. The normalized spacial score (nSPS) is 21.6. The number of para-hydroxylation sites is 2. The van der Waals surface area contributed by atoms with Gasteiger partial charge in [-0.15, -0.1) is 0 Å². The molecule has 2 N–H and O–H groups in total. The molecule has 2 unspecified atom stereocenters. The van der Waals surface area contributed by atoms with Crippen LogP contribution in [-0.4, -0.2) is 34.7 Å². The van der Waals surface area contributed by atoms with E-state index in [0.717, 1.165) is 19.3 Å². The number of nitrogens with zero attached hydrogens (tertiary/aromatic N) is 1. The van der Waals surface area contributed by atoms with E-state index in [-0.39, 0.29) is 30.0 Å². The molecule has 7 heteroatoms. The zero-order valence-corrected chi connectivity index (χ0v) is 11.5. The van der Waals surface area contributed by atoms with Gasteiger partial charge in [0, 0.05) is 6.07 Å². The van der Waals surface area contributed by atoms with Crippen LogP contribution in [0, 0.1) is 10.1 Å². The molecule has 1 aromatic carbocycles. The summed E-state index contributed by atoms with van der Waals surface area (Å²) in [6.45, 7) is -0.311. The SMILES string of the molecule is O=C(COc1ccccc1[N+](=O)[O-])NC1CCCCC1O. The summed E-state index contributed by atoms with van der Waals surface area (Å²) in [6, 6.07) is 5.63. The fourth-order valence-corrected chi connectivity index (χ4v) is 2.40. The van der Waals surface area contributed by atoms with Crippen LogP contribution in [0.25, 0.3) is 0 Å². The van der Waals surface area contributed by atoms with Crippen LogP contribution in [-0.2, 0) is 4.79 Å². The van der Waals surface area contributed by atoms with Crippen molar-refractivity contribution in [2.24, 2.45) is 0 Å². The summed E-state index contributed by atoms with van der Waals surface area (Å²) in [7, 11) is 0. The van der Waals surface area contributed by atoms with Crippen molar-refractivity contribution < 1.29 is 19.6 Å². The third-order valence-electron chi connectivity index (χ3n) is 3.50. The molecule has 21 heavy (non-hydrogen) atoms. The van der Waals surface area contributed by atoms with Gasteiger partial charge >= 0.3 is 5.69 Å².